The molecule has 0 saturated carbocycles. The molecule has 3 heterocycles. The summed E-state index contributed by atoms with van der Waals surface area (Å²) in [6.45, 7) is 0.493. The van der Waals surface area contributed by atoms with Crippen LogP contribution >= 0.6 is 11.3 Å². The van der Waals surface area contributed by atoms with Crippen molar-refractivity contribution in [2.75, 3.05) is 0 Å². The summed E-state index contributed by atoms with van der Waals surface area (Å²) in [5.74, 6) is 0. The van der Waals surface area contributed by atoms with E-state index in [2.05, 4.69) is 9.97 Å². The van der Waals surface area contributed by atoms with Crippen LogP contribution in [0.1, 0.15) is 5.56 Å². The highest BCUT2D eigenvalue weighted by Crippen LogP contribution is 2.32. The molecule has 0 aliphatic carbocycles. The van der Waals surface area contributed by atoms with Crippen LogP contribution in [0, 0.1) is 0 Å². The van der Waals surface area contributed by atoms with Crippen molar-refractivity contribution in [2.45, 2.75) is 6.54 Å². The minimum Gasteiger partial charge on any atom is -0.294 e. The molecular weight excluding hydrogens is 356 g/mol. The maximum atomic E-state index is 13.2. The summed E-state index contributed by atoms with van der Waals surface area (Å²) in [5.41, 5.74) is 3.46. The predicted octanol–water partition coefficient (Wildman–Crippen LogP) is 4.12. The zero-order valence-corrected chi connectivity index (χ0v) is 15.1. The minimum atomic E-state index is -0.0455. The minimum absolute atomic E-state index is 0.0455. The van der Waals surface area contributed by atoms with Gasteiger partial charge in [0.2, 0.25) is 0 Å². The van der Waals surface area contributed by atoms with Gasteiger partial charge in [-0.25, -0.2) is 9.97 Å². The summed E-state index contributed by atoms with van der Waals surface area (Å²) in [4.78, 5) is 26.5. The van der Waals surface area contributed by atoms with Gasteiger partial charge < -0.3 is 0 Å². The van der Waals surface area contributed by atoms with Gasteiger partial charge in [-0.3, -0.25) is 14.3 Å². The molecule has 0 atom stereocenters. The van der Waals surface area contributed by atoms with Crippen molar-refractivity contribution in [2.24, 2.45) is 0 Å². The highest BCUT2D eigenvalue weighted by Gasteiger charge is 2.14. The molecular formula is C21H14N4OS. The monoisotopic (exact) mass is 370 g/mol. The van der Waals surface area contributed by atoms with Gasteiger partial charge in [0.05, 0.1) is 34.0 Å². The molecule has 0 spiro atoms. The van der Waals surface area contributed by atoms with Crippen molar-refractivity contribution in [3.63, 3.8) is 0 Å². The maximum absolute atomic E-state index is 13.2. The Morgan fingerprint density at radius 3 is 2.63 bits per heavy atom. The number of hydrogen-bond donors (Lipinski definition) is 0. The van der Waals surface area contributed by atoms with Crippen molar-refractivity contribution in [3.05, 3.63) is 89.2 Å². The number of thiazole rings is 1. The van der Waals surface area contributed by atoms with Crippen LogP contribution in [0.15, 0.2) is 78.1 Å². The second-order valence-electron chi connectivity index (χ2n) is 6.23. The molecule has 0 aliphatic heterocycles. The van der Waals surface area contributed by atoms with E-state index >= 15 is 0 Å². The lowest BCUT2D eigenvalue weighted by Crippen LogP contribution is -2.21. The van der Waals surface area contributed by atoms with E-state index < -0.39 is 0 Å². The molecule has 0 saturated heterocycles. The quantitative estimate of drug-likeness (QED) is 0.479. The number of hydrogen-bond acceptors (Lipinski definition) is 5. The van der Waals surface area contributed by atoms with E-state index in [0.717, 1.165) is 26.4 Å². The van der Waals surface area contributed by atoms with Crippen LogP contribution in [-0.2, 0) is 6.54 Å². The first-order valence-corrected chi connectivity index (χ1v) is 9.34. The van der Waals surface area contributed by atoms with Gasteiger partial charge in [0.25, 0.3) is 5.56 Å². The lowest BCUT2D eigenvalue weighted by molar-refractivity contribution is 0.749. The van der Waals surface area contributed by atoms with E-state index in [1.165, 1.54) is 11.3 Å². The van der Waals surface area contributed by atoms with E-state index in [1.54, 1.807) is 23.3 Å². The third-order valence-corrected chi connectivity index (χ3v) is 5.59. The molecule has 5 aromatic rings. The Labute approximate surface area is 158 Å². The van der Waals surface area contributed by atoms with Crippen molar-refractivity contribution >= 4 is 32.5 Å². The number of nitrogens with zero attached hydrogens (tertiary/aromatic N) is 4. The number of rotatable bonds is 3. The molecule has 0 bridgehead atoms. The third kappa shape index (κ3) is 2.80. The first-order chi connectivity index (χ1) is 13.3. The summed E-state index contributed by atoms with van der Waals surface area (Å²) >= 11 is 1.50. The molecule has 0 fully saturated rings. The van der Waals surface area contributed by atoms with E-state index in [9.17, 15) is 4.79 Å². The normalized spacial score (nSPS) is 11.3. The second-order valence-corrected chi connectivity index (χ2v) is 7.23. The Kier molecular flexibility index (Phi) is 3.76. The smallest absolute Gasteiger partial charge is 0.263 e. The molecule has 0 unspecified atom stereocenters. The fourth-order valence-corrected chi connectivity index (χ4v) is 4.22. The average Bonchev–Trinajstić information content (AvgIpc) is 3.16. The molecule has 5 rings (SSSR count). The Hall–Kier alpha value is -3.38. The van der Waals surface area contributed by atoms with E-state index in [-0.39, 0.29) is 5.56 Å². The molecule has 27 heavy (non-hydrogen) atoms. The van der Waals surface area contributed by atoms with E-state index in [0.29, 0.717) is 17.4 Å². The van der Waals surface area contributed by atoms with Gasteiger partial charge in [0.15, 0.2) is 0 Å². The van der Waals surface area contributed by atoms with Gasteiger partial charge in [0.1, 0.15) is 5.01 Å². The highest BCUT2D eigenvalue weighted by atomic mass is 32.1. The van der Waals surface area contributed by atoms with Crippen LogP contribution in [-0.4, -0.2) is 19.5 Å². The van der Waals surface area contributed by atoms with Gasteiger partial charge in [-0.1, -0.05) is 30.3 Å². The van der Waals surface area contributed by atoms with Crippen molar-refractivity contribution in [1.29, 1.82) is 0 Å². The topological polar surface area (TPSA) is 60.7 Å². The standard InChI is InChI=1S/C21H14N4OS/c26-21-18-16(23-13-25(21)12-14-5-2-1-3-6-14)8-9-17-19(18)27-20(24-17)15-7-4-10-22-11-15/h1-11,13H,12H2. The fraction of sp³-hybridized carbons (Fsp3) is 0.0476. The Morgan fingerprint density at radius 2 is 1.81 bits per heavy atom. The number of aromatic nitrogens is 4. The van der Waals surface area contributed by atoms with Crippen LogP contribution in [0.5, 0.6) is 0 Å². The number of benzene rings is 2. The van der Waals surface area contributed by atoms with Gasteiger partial charge in [0, 0.05) is 18.0 Å². The van der Waals surface area contributed by atoms with Gasteiger partial charge in [-0.2, -0.15) is 0 Å². The van der Waals surface area contributed by atoms with Crippen molar-refractivity contribution < 1.29 is 0 Å². The zero-order valence-electron chi connectivity index (χ0n) is 14.2. The van der Waals surface area contributed by atoms with Gasteiger partial charge in [-0.15, -0.1) is 11.3 Å². The lowest BCUT2D eigenvalue weighted by Gasteiger charge is -2.07. The Balaban J connectivity index is 1.71. The van der Waals surface area contributed by atoms with Crippen molar-refractivity contribution in [3.8, 4) is 10.6 Å². The highest BCUT2D eigenvalue weighted by molar-refractivity contribution is 7.22. The third-order valence-electron chi connectivity index (χ3n) is 4.45. The summed E-state index contributed by atoms with van der Waals surface area (Å²) < 4.78 is 2.52. The SMILES string of the molecule is O=c1c2c(ccc3nc(-c4cccnc4)sc32)ncn1Cc1ccccc1. The molecule has 2 aromatic carbocycles. The summed E-state index contributed by atoms with van der Waals surface area (Å²) in [5, 5.41) is 1.47. The average molecular weight is 370 g/mol. The van der Waals surface area contributed by atoms with Crippen LogP contribution in [0.4, 0.5) is 0 Å². The molecule has 0 aliphatic rings. The van der Waals surface area contributed by atoms with Crippen LogP contribution in [0.25, 0.3) is 31.7 Å². The Bertz CT molecular complexity index is 1310. The number of pyridine rings is 1. The molecule has 0 radical (unpaired) electrons. The molecule has 130 valence electrons. The summed E-state index contributed by atoms with van der Waals surface area (Å²) in [7, 11) is 0. The second kappa shape index (κ2) is 6.41. The molecule has 6 heteroatoms. The largest absolute Gasteiger partial charge is 0.294 e. The fourth-order valence-electron chi connectivity index (χ4n) is 3.13. The first-order valence-electron chi connectivity index (χ1n) is 8.52. The summed E-state index contributed by atoms with van der Waals surface area (Å²) in [6.07, 6.45) is 5.14. The van der Waals surface area contributed by atoms with Crippen molar-refractivity contribution in [1.82, 2.24) is 19.5 Å². The van der Waals surface area contributed by atoms with Gasteiger partial charge in [-0.05, 0) is 29.8 Å². The molecule has 5 nitrogen and oxygen atoms in total. The van der Waals surface area contributed by atoms with Gasteiger partial charge >= 0.3 is 0 Å². The number of fused-ring (bicyclic) bond motifs is 3. The first kappa shape index (κ1) is 15.8. The molecule has 0 N–H and O–H groups in total. The van der Waals surface area contributed by atoms with Crippen LogP contribution < -0.4 is 5.56 Å². The van der Waals surface area contributed by atoms with Crippen LogP contribution in [0.3, 0.4) is 0 Å². The molecule has 3 aromatic heterocycles. The van der Waals surface area contributed by atoms with E-state index in [1.807, 2.05) is 54.6 Å². The lowest BCUT2D eigenvalue weighted by atomic mass is 10.2. The molecule has 0 amide bonds. The summed E-state index contributed by atoms with van der Waals surface area (Å²) in [6, 6.07) is 17.5. The Morgan fingerprint density at radius 1 is 0.963 bits per heavy atom. The predicted molar refractivity (Wildman–Crippen MR) is 108 cm³/mol. The maximum Gasteiger partial charge on any atom is 0.263 e. The zero-order chi connectivity index (χ0) is 18.2. The van der Waals surface area contributed by atoms with Crippen LogP contribution in [0.2, 0.25) is 0 Å². The van der Waals surface area contributed by atoms with E-state index in [4.69, 9.17) is 4.98 Å².